The Morgan fingerprint density at radius 3 is 0.429 bits per heavy atom. The van der Waals surface area contributed by atoms with Crippen LogP contribution in [0.1, 0.15) is 196 Å². The van der Waals surface area contributed by atoms with Gasteiger partial charge in [0.1, 0.15) is 0 Å². The van der Waals surface area contributed by atoms with Crippen molar-refractivity contribution in [3.63, 3.8) is 0 Å². The summed E-state index contributed by atoms with van der Waals surface area (Å²) in [5.41, 5.74) is 0. The van der Waals surface area contributed by atoms with E-state index in [1.165, 1.54) is 0 Å². The molecule has 0 rings (SSSR count). The van der Waals surface area contributed by atoms with E-state index in [2.05, 4.69) is 0 Å². The molecule has 0 aliphatic rings. The molecule has 0 radical (unpaired) electrons. The van der Waals surface area contributed by atoms with E-state index in [1.54, 1.807) is 0 Å². The van der Waals surface area contributed by atoms with Crippen LogP contribution in [-0.2, 0) is 49.8 Å². The van der Waals surface area contributed by atoms with Gasteiger partial charge in [0.05, 0.1) is 0 Å². The fraction of sp³-hybridized carbons (Fsp3) is 0.833. The summed E-state index contributed by atoms with van der Waals surface area (Å²) in [6.07, 6.45) is 18.2. The number of hydrogen-bond acceptors (Lipinski definition) is 12. The first-order valence-corrected chi connectivity index (χ1v) is 17.8. The molecule has 0 aromatic heterocycles. The largest absolute Gasteiger partial charge is 0.550 e. The fourth-order valence-corrected chi connectivity index (χ4v) is 3.12. The van der Waals surface area contributed by atoms with E-state index in [4.69, 9.17) is 0 Å². The minimum atomic E-state index is -0.932. The molecule has 0 aromatic carbocycles. The molecule has 0 aromatic rings. The summed E-state index contributed by atoms with van der Waals surface area (Å²) in [5.74, 6) is -5.59. The Bertz CT molecular complexity index is 576. The molecule has 0 N–H and O–H groups in total. The molecule has 0 heterocycles. The van der Waals surface area contributed by atoms with Crippen LogP contribution >= 0.6 is 0 Å². The second kappa shape index (κ2) is 57.8. The van der Waals surface area contributed by atoms with E-state index < -0.39 is 35.8 Å². The summed E-state index contributed by atoms with van der Waals surface area (Å²) in [6.45, 7) is 12.2. The van der Waals surface area contributed by atoms with Gasteiger partial charge < -0.3 is 59.4 Å². The third kappa shape index (κ3) is 114. The first kappa shape index (κ1) is 61.7. The van der Waals surface area contributed by atoms with E-state index in [-0.39, 0.29) is 59.6 Å². The number of aliphatic carboxylic acids is 6. The molecule has 0 atom stereocenters. The van der Waals surface area contributed by atoms with Crippen molar-refractivity contribution in [3.05, 3.63) is 0 Å². The molecule has 49 heavy (non-hydrogen) atoms. The van der Waals surface area contributed by atoms with Gasteiger partial charge in [0.25, 0.3) is 0 Å². The van der Waals surface area contributed by atoms with Crippen molar-refractivity contribution < 1.29 is 80.5 Å². The summed E-state index contributed by atoms with van der Waals surface area (Å²) >= 11 is 0. The molecule has 294 valence electrons. The minimum absolute atomic E-state index is 0. The summed E-state index contributed by atoms with van der Waals surface area (Å²) in [6, 6.07) is 0. The number of hydrogen-bond donors (Lipinski definition) is 0. The van der Waals surface area contributed by atoms with E-state index in [1.807, 2.05) is 41.5 Å². The van der Waals surface area contributed by atoms with Crippen molar-refractivity contribution in [2.75, 3.05) is 0 Å². The molecular weight excluding hydrogens is 720 g/mol. The van der Waals surface area contributed by atoms with Gasteiger partial charge in [-0.1, -0.05) is 119 Å². The molecule has 0 saturated carbocycles. The van der Waals surface area contributed by atoms with Crippen LogP contribution < -0.4 is 30.6 Å². The maximum Gasteiger partial charge on any atom is 0.0414 e. The van der Waals surface area contributed by atoms with Crippen LogP contribution in [0.2, 0.25) is 0 Å². The van der Waals surface area contributed by atoms with Crippen molar-refractivity contribution in [2.24, 2.45) is 0 Å². The summed E-state index contributed by atoms with van der Waals surface area (Å²) in [5, 5.41) is 58.6. The topological polar surface area (TPSA) is 241 Å². The van der Waals surface area contributed by atoms with Gasteiger partial charge in [0.15, 0.2) is 0 Å². The van der Waals surface area contributed by atoms with Crippen LogP contribution in [0.5, 0.6) is 0 Å². The third-order valence-electron chi connectivity index (χ3n) is 5.91. The standard InChI is InChI=1S/6C6H12O2.Mo/c6*1-2-3-4-5-6(7)8;/h6*2-5H2,1H3,(H,7,8);/p-6. The van der Waals surface area contributed by atoms with Gasteiger partial charge in [0, 0.05) is 56.9 Å². The Balaban J connectivity index is -0.0000000860. The molecule has 0 fully saturated rings. The average Bonchev–Trinajstić information content (AvgIpc) is 2.99. The molecule has 12 nitrogen and oxygen atoms in total. The molecule has 0 amide bonds. The molecule has 0 unspecified atom stereocenters. The molecule has 0 bridgehead atoms. The van der Waals surface area contributed by atoms with Crippen LogP contribution in [0.25, 0.3) is 0 Å². The van der Waals surface area contributed by atoms with Crippen LogP contribution in [0, 0.1) is 0 Å². The summed E-state index contributed by atoms with van der Waals surface area (Å²) in [7, 11) is 0. The third-order valence-corrected chi connectivity index (χ3v) is 5.91. The molecule has 13 heteroatoms. The summed E-state index contributed by atoms with van der Waals surface area (Å²) in [4.78, 5) is 58.6. The van der Waals surface area contributed by atoms with Crippen LogP contribution in [0.15, 0.2) is 0 Å². The van der Waals surface area contributed by atoms with Gasteiger partial charge in [-0.05, 0) is 77.0 Å². The molecule has 0 spiro atoms. The molecular formula is C36H66MoO12-6. The SMILES string of the molecule is CCCCCC(=O)[O-].CCCCCC(=O)[O-].CCCCCC(=O)[O-].CCCCCC(=O)[O-].CCCCCC(=O)[O-].CCCCCC(=O)[O-].[Mo]. The molecule has 0 aliphatic carbocycles. The Morgan fingerprint density at radius 1 is 0.265 bits per heavy atom. The first-order valence-electron chi connectivity index (χ1n) is 17.8. The second-order valence-electron chi connectivity index (χ2n) is 11.0. The normalized spacial score (nSPS) is 8.94. The number of carboxylic acids is 6. The van der Waals surface area contributed by atoms with E-state index in [9.17, 15) is 59.4 Å². The summed E-state index contributed by atoms with van der Waals surface area (Å²) < 4.78 is 0. The van der Waals surface area contributed by atoms with Crippen molar-refractivity contribution in [1.29, 1.82) is 0 Å². The zero-order chi connectivity index (χ0) is 38.4. The Hall–Kier alpha value is -2.49. The second-order valence-corrected chi connectivity index (χ2v) is 11.0. The van der Waals surface area contributed by atoms with Crippen LogP contribution in [0.3, 0.4) is 0 Å². The predicted molar refractivity (Wildman–Crippen MR) is 175 cm³/mol. The van der Waals surface area contributed by atoms with Crippen molar-refractivity contribution in [3.8, 4) is 0 Å². The van der Waals surface area contributed by atoms with Crippen LogP contribution in [0.4, 0.5) is 0 Å². The van der Waals surface area contributed by atoms with E-state index >= 15 is 0 Å². The van der Waals surface area contributed by atoms with Gasteiger partial charge in [-0.2, -0.15) is 0 Å². The predicted octanol–water partition coefficient (Wildman–Crippen LogP) is 1.90. The van der Waals surface area contributed by atoms with Crippen molar-refractivity contribution >= 4 is 35.8 Å². The zero-order valence-corrected chi connectivity index (χ0v) is 33.3. The zero-order valence-electron chi connectivity index (χ0n) is 31.3. The van der Waals surface area contributed by atoms with Gasteiger partial charge >= 0.3 is 0 Å². The maximum absolute atomic E-state index is 9.76. The number of carbonyl (C=O) groups is 6. The Kier molecular flexibility index (Phi) is 72.7. The van der Waals surface area contributed by atoms with E-state index in [0.717, 1.165) is 116 Å². The fourth-order valence-electron chi connectivity index (χ4n) is 3.12. The van der Waals surface area contributed by atoms with Gasteiger partial charge in [0.2, 0.25) is 0 Å². The van der Waals surface area contributed by atoms with Gasteiger partial charge in [-0.25, -0.2) is 0 Å². The molecule has 0 aliphatic heterocycles. The number of carboxylic acid groups (broad SMARTS) is 6. The number of rotatable bonds is 24. The van der Waals surface area contributed by atoms with Gasteiger partial charge in [-0.15, -0.1) is 0 Å². The van der Waals surface area contributed by atoms with Crippen molar-refractivity contribution in [2.45, 2.75) is 196 Å². The number of unbranched alkanes of at least 4 members (excludes halogenated alkanes) is 12. The smallest absolute Gasteiger partial charge is 0.0414 e. The van der Waals surface area contributed by atoms with Crippen LogP contribution in [-0.4, -0.2) is 35.8 Å². The Labute approximate surface area is 311 Å². The molecule has 0 saturated heterocycles. The first-order chi connectivity index (χ1) is 22.6. The number of carbonyl (C=O) groups excluding carboxylic acids is 6. The minimum Gasteiger partial charge on any atom is -0.550 e. The Morgan fingerprint density at radius 2 is 0.367 bits per heavy atom. The van der Waals surface area contributed by atoms with Gasteiger partial charge in [-0.3, -0.25) is 0 Å². The van der Waals surface area contributed by atoms with Crippen molar-refractivity contribution in [1.82, 2.24) is 0 Å². The quantitative estimate of drug-likeness (QED) is 0.101. The maximum atomic E-state index is 9.76. The van der Waals surface area contributed by atoms with E-state index in [0.29, 0.717) is 0 Å². The monoisotopic (exact) mass is 788 g/mol. The average molecular weight is 787 g/mol.